The van der Waals surface area contributed by atoms with Gasteiger partial charge < -0.3 is 0 Å². The minimum absolute atomic E-state index is 0.145. The van der Waals surface area contributed by atoms with Crippen LogP contribution < -0.4 is 0 Å². The molecule has 0 aliphatic rings. The monoisotopic (exact) mass is 300 g/mol. The van der Waals surface area contributed by atoms with Crippen LogP contribution in [0.3, 0.4) is 0 Å². The lowest BCUT2D eigenvalue weighted by Gasteiger charge is -2.01. The van der Waals surface area contributed by atoms with Crippen molar-refractivity contribution in [2.75, 3.05) is 0 Å². The molecule has 3 heteroatoms. The molecule has 0 aliphatic carbocycles. The molecule has 0 aliphatic heterocycles. The Morgan fingerprint density at radius 2 is 2.18 bits per heavy atom. The zero-order valence-electron chi connectivity index (χ0n) is 5.73. The molecular weight excluding hydrogens is 294 g/mol. The van der Waals surface area contributed by atoms with Crippen LogP contribution >= 0.6 is 45.8 Å². The Morgan fingerprint density at radius 3 is 2.73 bits per heavy atom. The maximum absolute atomic E-state index is 5.81. The van der Waals surface area contributed by atoms with Gasteiger partial charge in [0.25, 0.3) is 0 Å². The van der Waals surface area contributed by atoms with E-state index >= 15 is 0 Å². The van der Waals surface area contributed by atoms with Gasteiger partial charge in [0.2, 0.25) is 0 Å². The Kier molecular flexibility index (Phi) is 3.96. The smallest absolute Gasteiger partial charge is 0.0890 e. The normalized spacial score (nSPS) is 13.0. The molecule has 1 aromatic carbocycles. The Balaban J connectivity index is 2.71. The Morgan fingerprint density at radius 1 is 1.45 bits per heavy atom. The molecule has 0 amide bonds. The third kappa shape index (κ3) is 3.63. The second-order valence-corrected chi connectivity index (χ2v) is 5.43. The summed E-state index contributed by atoms with van der Waals surface area (Å²) in [6.45, 7) is 0. The number of rotatable bonds is 2. The van der Waals surface area contributed by atoms with Crippen molar-refractivity contribution >= 4 is 45.8 Å². The van der Waals surface area contributed by atoms with Crippen molar-refractivity contribution in [1.29, 1.82) is 0 Å². The van der Waals surface area contributed by atoms with Crippen LogP contribution in [0.5, 0.6) is 0 Å². The molecule has 1 rings (SSSR count). The first-order chi connectivity index (χ1) is 5.18. The maximum atomic E-state index is 5.81. The van der Waals surface area contributed by atoms with Gasteiger partial charge in [0, 0.05) is 5.02 Å². The summed E-state index contributed by atoms with van der Waals surface area (Å²) in [5, 5.41) is 0.774. The second-order valence-electron chi connectivity index (χ2n) is 2.23. The fraction of sp³-hybridized carbons (Fsp3) is 0.250. The SMILES string of the molecule is Clc1cccc(CC(Cl)I)c1. The zero-order valence-corrected chi connectivity index (χ0v) is 9.40. The molecule has 0 heterocycles. The molecule has 0 saturated carbocycles. The number of hydrogen-bond donors (Lipinski definition) is 0. The number of halogens is 3. The van der Waals surface area contributed by atoms with Gasteiger partial charge in [-0.3, -0.25) is 0 Å². The summed E-state index contributed by atoms with van der Waals surface area (Å²) in [6, 6.07) is 7.77. The Bertz CT molecular complexity index is 235. The number of alkyl halides is 2. The van der Waals surface area contributed by atoms with E-state index in [-0.39, 0.29) is 3.38 Å². The van der Waals surface area contributed by atoms with Crippen LogP contribution in [0.2, 0.25) is 5.02 Å². The lowest BCUT2D eigenvalue weighted by atomic mass is 10.2. The maximum Gasteiger partial charge on any atom is 0.0890 e. The fourth-order valence-electron chi connectivity index (χ4n) is 0.842. The van der Waals surface area contributed by atoms with Crippen LogP contribution in [0.15, 0.2) is 24.3 Å². The van der Waals surface area contributed by atoms with E-state index in [0.29, 0.717) is 0 Å². The van der Waals surface area contributed by atoms with E-state index < -0.39 is 0 Å². The van der Waals surface area contributed by atoms with E-state index in [2.05, 4.69) is 22.6 Å². The molecule has 0 aromatic heterocycles. The van der Waals surface area contributed by atoms with E-state index in [4.69, 9.17) is 23.2 Å². The van der Waals surface area contributed by atoms with E-state index in [0.717, 1.165) is 11.4 Å². The lowest BCUT2D eigenvalue weighted by Crippen LogP contribution is -1.92. The van der Waals surface area contributed by atoms with Crippen LogP contribution in [-0.4, -0.2) is 3.38 Å². The molecule has 1 atom stereocenters. The van der Waals surface area contributed by atoms with Gasteiger partial charge >= 0.3 is 0 Å². The largest absolute Gasteiger partial charge is 0.111 e. The van der Waals surface area contributed by atoms with E-state index in [1.807, 2.05) is 24.3 Å². The first-order valence-electron chi connectivity index (χ1n) is 3.21. The van der Waals surface area contributed by atoms with Crippen molar-refractivity contribution < 1.29 is 0 Å². The molecule has 0 radical (unpaired) electrons. The van der Waals surface area contributed by atoms with Crippen LogP contribution in [-0.2, 0) is 6.42 Å². The summed E-state index contributed by atoms with van der Waals surface area (Å²) in [4.78, 5) is 0. The van der Waals surface area contributed by atoms with Crippen LogP contribution in [0.1, 0.15) is 5.56 Å². The van der Waals surface area contributed by atoms with Crippen molar-refractivity contribution in [3.63, 3.8) is 0 Å². The van der Waals surface area contributed by atoms with Gasteiger partial charge in [-0.2, -0.15) is 0 Å². The third-order valence-electron chi connectivity index (χ3n) is 1.28. The standard InChI is InChI=1S/C8H7Cl2I/c9-7-3-1-2-6(4-7)5-8(10)11/h1-4,8H,5H2. The summed E-state index contributed by atoms with van der Waals surface area (Å²) < 4.78 is 0.145. The molecular formula is C8H7Cl2I. The van der Waals surface area contributed by atoms with Crippen LogP contribution in [0.4, 0.5) is 0 Å². The highest BCUT2D eigenvalue weighted by Gasteiger charge is 2.00. The number of hydrogen-bond acceptors (Lipinski definition) is 0. The summed E-state index contributed by atoms with van der Waals surface area (Å²) in [5.41, 5.74) is 1.19. The molecule has 1 aromatic rings. The van der Waals surface area contributed by atoms with Crippen molar-refractivity contribution in [3.05, 3.63) is 34.9 Å². The summed E-state index contributed by atoms with van der Waals surface area (Å²) >= 11 is 13.8. The molecule has 0 N–H and O–H groups in total. The van der Waals surface area contributed by atoms with E-state index in [9.17, 15) is 0 Å². The van der Waals surface area contributed by atoms with Gasteiger partial charge in [-0.05, 0) is 24.1 Å². The van der Waals surface area contributed by atoms with Gasteiger partial charge in [0.05, 0.1) is 3.38 Å². The fourth-order valence-corrected chi connectivity index (χ4v) is 1.74. The molecule has 0 saturated heterocycles. The first kappa shape index (κ1) is 9.62. The minimum atomic E-state index is 0.145. The molecule has 60 valence electrons. The zero-order chi connectivity index (χ0) is 8.27. The molecule has 11 heavy (non-hydrogen) atoms. The number of benzene rings is 1. The van der Waals surface area contributed by atoms with Crippen molar-refractivity contribution in [2.45, 2.75) is 9.80 Å². The highest BCUT2D eigenvalue weighted by atomic mass is 127. The quantitative estimate of drug-likeness (QED) is 0.574. The van der Waals surface area contributed by atoms with E-state index in [1.165, 1.54) is 5.56 Å². The topological polar surface area (TPSA) is 0 Å². The van der Waals surface area contributed by atoms with Gasteiger partial charge in [-0.1, -0.05) is 46.3 Å². The lowest BCUT2D eigenvalue weighted by molar-refractivity contribution is 1.12. The second kappa shape index (κ2) is 4.53. The minimum Gasteiger partial charge on any atom is -0.111 e. The predicted molar refractivity (Wildman–Crippen MR) is 58.8 cm³/mol. The van der Waals surface area contributed by atoms with Gasteiger partial charge in [-0.15, -0.1) is 11.6 Å². The van der Waals surface area contributed by atoms with Crippen LogP contribution in [0.25, 0.3) is 0 Å². The van der Waals surface area contributed by atoms with Gasteiger partial charge in [-0.25, -0.2) is 0 Å². The van der Waals surface area contributed by atoms with E-state index in [1.54, 1.807) is 0 Å². The summed E-state index contributed by atoms with van der Waals surface area (Å²) in [5.74, 6) is 0. The molecule has 0 fully saturated rings. The average Bonchev–Trinajstić information content (AvgIpc) is 1.85. The summed E-state index contributed by atoms with van der Waals surface area (Å²) in [7, 11) is 0. The van der Waals surface area contributed by atoms with Gasteiger partial charge in [0.1, 0.15) is 0 Å². The molecule has 0 nitrogen and oxygen atoms in total. The Hall–Kier alpha value is 0.530. The first-order valence-corrected chi connectivity index (χ1v) is 5.27. The highest BCUT2D eigenvalue weighted by molar-refractivity contribution is 14.1. The predicted octanol–water partition coefficient (Wildman–Crippen LogP) is 3.88. The molecule has 1 unspecified atom stereocenters. The molecule has 0 spiro atoms. The summed E-state index contributed by atoms with van der Waals surface area (Å²) in [6.07, 6.45) is 0.864. The average molecular weight is 301 g/mol. The molecule has 0 bridgehead atoms. The highest BCUT2D eigenvalue weighted by Crippen LogP contribution is 2.17. The Labute approximate surface area is 90.0 Å². The van der Waals surface area contributed by atoms with Crippen molar-refractivity contribution in [3.8, 4) is 0 Å². The third-order valence-corrected chi connectivity index (χ3v) is 2.11. The van der Waals surface area contributed by atoms with Crippen molar-refractivity contribution in [1.82, 2.24) is 0 Å². The van der Waals surface area contributed by atoms with Crippen molar-refractivity contribution in [2.24, 2.45) is 0 Å². The van der Waals surface area contributed by atoms with Crippen LogP contribution in [0, 0.1) is 0 Å². The van der Waals surface area contributed by atoms with Gasteiger partial charge in [0.15, 0.2) is 0 Å².